The summed E-state index contributed by atoms with van der Waals surface area (Å²) in [6.45, 7) is 13.8. The van der Waals surface area contributed by atoms with E-state index in [0.29, 0.717) is 17.9 Å². The van der Waals surface area contributed by atoms with Crippen LogP contribution >= 0.6 is 0 Å². The van der Waals surface area contributed by atoms with Crippen molar-refractivity contribution in [2.45, 2.75) is 59.2 Å². The Bertz CT molecular complexity index is 1430. The van der Waals surface area contributed by atoms with Crippen LogP contribution in [0, 0.1) is 0 Å². The average molecular weight is 510 g/mol. The van der Waals surface area contributed by atoms with Crippen LogP contribution in [0.15, 0.2) is 72.0 Å². The van der Waals surface area contributed by atoms with Crippen molar-refractivity contribution in [3.63, 3.8) is 0 Å². The van der Waals surface area contributed by atoms with Gasteiger partial charge in [0.15, 0.2) is 5.65 Å². The molecule has 0 amide bonds. The SMILES string of the molecule is CC.CC1=CC(c2ccc3nc(-c4cccnc4N)n(C4C=CC(CN5CC(C)NC(C)C5)=CC4)c3n2)=C1. The highest BCUT2D eigenvalue weighted by atomic mass is 15.2. The topological polar surface area (TPSA) is 84.9 Å². The molecule has 4 heterocycles. The van der Waals surface area contributed by atoms with Gasteiger partial charge in [0.2, 0.25) is 0 Å². The molecular formula is C31H39N7. The van der Waals surface area contributed by atoms with E-state index in [4.69, 9.17) is 15.7 Å². The second kappa shape index (κ2) is 11.1. The van der Waals surface area contributed by atoms with Gasteiger partial charge in [0, 0.05) is 43.5 Å². The van der Waals surface area contributed by atoms with Gasteiger partial charge in [-0.05, 0) is 74.8 Å². The molecule has 7 heteroatoms. The van der Waals surface area contributed by atoms with E-state index in [9.17, 15) is 0 Å². The Labute approximate surface area is 225 Å². The van der Waals surface area contributed by atoms with Crippen LogP contribution < -0.4 is 11.1 Å². The minimum Gasteiger partial charge on any atom is -0.383 e. The van der Waals surface area contributed by atoms with Crippen molar-refractivity contribution in [1.82, 2.24) is 29.7 Å². The molecule has 0 bridgehead atoms. The van der Waals surface area contributed by atoms with Crippen LogP contribution in [-0.4, -0.2) is 56.1 Å². The molecule has 7 nitrogen and oxygen atoms in total. The second-order valence-corrected chi connectivity index (χ2v) is 10.4. The summed E-state index contributed by atoms with van der Waals surface area (Å²) in [6, 6.07) is 9.15. The maximum absolute atomic E-state index is 6.30. The first kappa shape index (κ1) is 26.1. The van der Waals surface area contributed by atoms with Crippen LogP contribution in [-0.2, 0) is 0 Å². The minimum absolute atomic E-state index is 0.102. The Morgan fingerprint density at radius 1 is 1.05 bits per heavy atom. The zero-order valence-electron chi connectivity index (χ0n) is 23.1. The van der Waals surface area contributed by atoms with E-state index in [-0.39, 0.29) is 6.04 Å². The van der Waals surface area contributed by atoms with Crippen molar-refractivity contribution >= 4 is 22.6 Å². The predicted molar refractivity (Wildman–Crippen MR) is 158 cm³/mol. The molecule has 1 fully saturated rings. The second-order valence-electron chi connectivity index (χ2n) is 10.4. The Morgan fingerprint density at radius 2 is 1.82 bits per heavy atom. The first-order valence-corrected chi connectivity index (χ1v) is 13.8. The highest BCUT2D eigenvalue weighted by molar-refractivity contribution is 5.86. The Morgan fingerprint density at radius 3 is 2.47 bits per heavy atom. The Hall–Kier alpha value is -3.55. The summed E-state index contributed by atoms with van der Waals surface area (Å²) < 4.78 is 2.24. The number of nitrogens with zero attached hydrogens (tertiary/aromatic N) is 5. The van der Waals surface area contributed by atoms with Gasteiger partial charge in [-0.1, -0.05) is 32.1 Å². The molecule has 3 atom stereocenters. The molecule has 1 saturated heterocycles. The van der Waals surface area contributed by atoms with E-state index in [1.807, 2.05) is 26.0 Å². The van der Waals surface area contributed by atoms with Crippen LogP contribution in [0.2, 0.25) is 0 Å². The minimum atomic E-state index is 0.102. The van der Waals surface area contributed by atoms with Gasteiger partial charge in [-0.15, -0.1) is 0 Å². The van der Waals surface area contributed by atoms with E-state index in [1.165, 1.54) is 11.1 Å². The predicted octanol–water partition coefficient (Wildman–Crippen LogP) is 5.55. The number of pyridine rings is 2. The van der Waals surface area contributed by atoms with Crippen LogP contribution in [0.3, 0.4) is 0 Å². The largest absolute Gasteiger partial charge is 0.383 e. The molecular weight excluding hydrogens is 470 g/mol. The molecule has 3 N–H and O–H groups in total. The van der Waals surface area contributed by atoms with Crippen LogP contribution in [0.5, 0.6) is 0 Å². The van der Waals surface area contributed by atoms with E-state index in [0.717, 1.165) is 59.9 Å². The summed E-state index contributed by atoms with van der Waals surface area (Å²) in [6.07, 6.45) is 13.9. The maximum atomic E-state index is 6.30. The van der Waals surface area contributed by atoms with Crippen molar-refractivity contribution in [2.24, 2.45) is 0 Å². The van der Waals surface area contributed by atoms with Gasteiger partial charge < -0.3 is 15.6 Å². The van der Waals surface area contributed by atoms with E-state index in [1.54, 1.807) is 6.20 Å². The fourth-order valence-corrected chi connectivity index (χ4v) is 5.66. The molecule has 3 aromatic rings. The number of fused-ring (bicyclic) bond motifs is 1. The summed E-state index contributed by atoms with van der Waals surface area (Å²) in [5.41, 5.74) is 13.6. The molecule has 6 rings (SSSR count). The molecule has 0 radical (unpaired) electrons. The van der Waals surface area contributed by atoms with Gasteiger partial charge >= 0.3 is 0 Å². The summed E-state index contributed by atoms with van der Waals surface area (Å²) >= 11 is 0. The number of aromatic nitrogens is 4. The number of anilines is 1. The monoisotopic (exact) mass is 509 g/mol. The third kappa shape index (κ3) is 5.22. The average Bonchev–Trinajstić information content (AvgIpc) is 3.26. The van der Waals surface area contributed by atoms with Crippen LogP contribution in [0.25, 0.3) is 28.1 Å². The molecule has 0 spiro atoms. The third-order valence-corrected chi connectivity index (χ3v) is 7.20. The van der Waals surface area contributed by atoms with Gasteiger partial charge in [-0.3, -0.25) is 4.90 Å². The number of nitrogens with two attached hydrogens (primary N) is 1. The number of rotatable bonds is 5. The Balaban J connectivity index is 0.00000144. The molecule has 0 aromatic carbocycles. The summed E-state index contributed by atoms with van der Waals surface area (Å²) in [4.78, 5) is 16.9. The van der Waals surface area contributed by atoms with Crippen molar-refractivity contribution in [3.05, 3.63) is 77.7 Å². The van der Waals surface area contributed by atoms with Crippen molar-refractivity contribution in [3.8, 4) is 11.4 Å². The quantitative estimate of drug-likeness (QED) is 0.469. The van der Waals surface area contributed by atoms with Crippen LogP contribution in [0.4, 0.5) is 5.82 Å². The molecule has 3 aromatic heterocycles. The van der Waals surface area contributed by atoms with E-state index < -0.39 is 0 Å². The molecule has 198 valence electrons. The molecule has 1 aliphatic heterocycles. The lowest BCUT2D eigenvalue weighted by Crippen LogP contribution is -2.54. The van der Waals surface area contributed by atoms with Crippen molar-refractivity contribution in [2.75, 3.05) is 25.4 Å². The highest BCUT2D eigenvalue weighted by Gasteiger charge is 2.25. The van der Waals surface area contributed by atoms with Gasteiger partial charge in [0.1, 0.15) is 17.2 Å². The van der Waals surface area contributed by atoms with Gasteiger partial charge in [0.25, 0.3) is 0 Å². The maximum Gasteiger partial charge on any atom is 0.161 e. The lowest BCUT2D eigenvalue weighted by atomic mass is 9.97. The molecule has 3 aliphatic rings. The molecule has 2 aliphatic carbocycles. The lowest BCUT2D eigenvalue weighted by molar-refractivity contribution is 0.187. The fourth-order valence-electron chi connectivity index (χ4n) is 5.66. The standard InChI is InChI=1S/C29H33N7.C2H6/c1-18-13-22(14-18)25-10-11-26-29(33-25)36(28(34-26)24-5-4-12-31-27(24)30)23-8-6-21(7-9-23)17-35-15-19(2)32-20(3)16-35;1-2/h4-8,10-14,19-20,23,32H,9,15-17H2,1-3H3,(H2,30,31);1-2H3. The zero-order chi connectivity index (χ0) is 26.8. The summed E-state index contributed by atoms with van der Waals surface area (Å²) in [5.74, 6) is 1.29. The van der Waals surface area contributed by atoms with Gasteiger partial charge in [-0.2, -0.15) is 0 Å². The normalized spacial score (nSPS) is 23.2. The highest BCUT2D eigenvalue weighted by Crippen LogP contribution is 2.35. The van der Waals surface area contributed by atoms with Crippen LogP contribution in [0.1, 0.15) is 52.8 Å². The molecule has 38 heavy (non-hydrogen) atoms. The summed E-state index contributed by atoms with van der Waals surface area (Å²) in [7, 11) is 0. The number of hydrogen-bond donors (Lipinski definition) is 2. The van der Waals surface area contributed by atoms with Crippen molar-refractivity contribution in [1.29, 1.82) is 0 Å². The molecule has 0 saturated carbocycles. The third-order valence-electron chi connectivity index (χ3n) is 7.20. The van der Waals surface area contributed by atoms with Gasteiger partial charge in [-0.25, -0.2) is 15.0 Å². The number of allylic oxidation sites excluding steroid dienone is 6. The van der Waals surface area contributed by atoms with Gasteiger partial charge in [0.05, 0.1) is 17.3 Å². The van der Waals surface area contributed by atoms with E-state index >= 15 is 0 Å². The lowest BCUT2D eigenvalue weighted by Gasteiger charge is -2.36. The smallest absolute Gasteiger partial charge is 0.161 e. The number of imidazole rings is 1. The molecule has 3 unspecified atom stereocenters. The first-order chi connectivity index (χ1) is 18.4. The van der Waals surface area contributed by atoms with Crippen molar-refractivity contribution < 1.29 is 0 Å². The number of hydrogen-bond acceptors (Lipinski definition) is 6. The number of nitrogens with one attached hydrogen (secondary N) is 1. The Kier molecular flexibility index (Phi) is 7.58. The number of piperazine rings is 1. The zero-order valence-corrected chi connectivity index (χ0v) is 23.1. The first-order valence-electron chi connectivity index (χ1n) is 13.8. The summed E-state index contributed by atoms with van der Waals surface area (Å²) in [5, 5.41) is 3.62. The fraction of sp³-hybridized carbons (Fsp3) is 0.387. The van der Waals surface area contributed by atoms with E-state index in [2.05, 4.69) is 83.1 Å². The number of nitrogen functional groups attached to an aromatic ring is 1.